The number of carbonyl (C=O) groups excluding carboxylic acids is 2. The number of ether oxygens (including phenoxy) is 2. The molecule has 1 aliphatic heterocycles. The van der Waals surface area contributed by atoms with E-state index in [1.165, 1.54) is 0 Å². The average Bonchev–Trinajstić information content (AvgIpc) is 2.66. The highest BCUT2D eigenvalue weighted by atomic mass is 16.5. The van der Waals surface area contributed by atoms with Gasteiger partial charge in [-0.2, -0.15) is 0 Å². The van der Waals surface area contributed by atoms with E-state index in [0.717, 1.165) is 23.6 Å². The Balaban J connectivity index is 1.87. The van der Waals surface area contributed by atoms with Gasteiger partial charge in [0.1, 0.15) is 5.75 Å². The maximum Gasteiger partial charge on any atom is 0.310 e. The molecule has 1 saturated heterocycles. The van der Waals surface area contributed by atoms with Crippen molar-refractivity contribution in [3.8, 4) is 5.75 Å². The minimum Gasteiger partial charge on any atom is -0.496 e. The zero-order valence-corrected chi connectivity index (χ0v) is 14.7. The minimum absolute atomic E-state index is 0.100. The van der Waals surface area contributed by atoms with Gasteiger partial charge in [-0.3, -0.25) is 9.59 Å². The number of hydrogen-bond donors (Lipinski definition) is 0. The normalized spacial score (nSPS) is 17.4. The number of fused-ring (bicyclic) bond motifs is 1. The van der Waals surface area contributed by atoms with Gasteiger partial charge in [-0.15, -0.1) is 0 Å². The van der Waals surface area contributed by atoms with Crippen molar-refractivity contribution in [1.82, 2.24) is 4.90 Å². The van der Waals surface area contributed by atoms with Crippen molar-refractivity contribution in [3.63, 3.8) is 0 Å². The monoisotopic (exact) mass is 341 g/mol. The molecule has 0 aliphatic carbocycles. The van der Waals surface area contributed by atoms with Crippen LogP contribution in [0.1, 0.15) is 30.1 Å². The first-order valence-electron chi connectivity index (χ1n) is 8.66. The molecule has 1 heterocycles. The number of likely N-dealkylation sites (tertiary alicyclic amines) is 1. The van der Waals surface area contributed by atoms with E-state index in [9.17, 15) is 9.59 Å². The Bertz CT molecular complexity index is 786. The van der Waals surface area contributed by atoms with Crippen molar-refractivity contribution in [2.45, 2.75) is 19.8 Å². The van der Waals surface area contributed by atoms with Gasteiger partial charge in [-0.05, 0) is 42.7 Å². The molecular weight excluding hydrogens is 318 g/mol. The van der Waals surface area contributed by atoms with E-state index in [4.69, 9.17) is 9.47 Å². The summed E-state index contributed by atoms with van der Waals surface area (Å²) in [5, 5.41) is 2.02. The van der Waals surface area contributed by atoms with Gasteiger partial charge >= 0.3 is 5.97 Å². The van der Waals surface area contributed by atoms with Gasteiger partial charge in [-0.1, -0.05) is 24.3 Å². The molecule has 2 aromatic carbocycles. The lowest BCUT2D eigenvalue weighted by molar-refractivity contribution is -0.149. The molecule has 0 spiro atoms. The topological polar surface area (TPSA) is 55.8 Å². The summed E-state index contributed by atoms with van der Waals surface area (Å²) >= 11 is 0. The lowest BCUT2D eigenvalue weighted by atomic mass is 9.97. The number of carbonyl (C=O) groups is 2. The molecule has 1 aliphatic rings. The minimum atomic E-state index is -0.246. The van der Waals surface area contributed by atoms with E-state index in [1.807, 2.05) is 36.4 Å². The second-order valence-corrected chi connectivity index (χ2v) is 6.24. The van der Waals surface area contributed by atoms with Crippen LogP contribution in [0.3, 0.4) is 0 Å². The van der Waals surface area contributed by atoms with Gasteiger partial charge in [0.15, 0.2) is 0 Å². The molecule has 25 heavy (non-hydrogen) atoms. The summed E-state index contributed by atoms with van der Waals surface area (Å²) in [5.41, 5.74) is 0.533. The van der Waals surface area contributed by atoms with Gasteiger partial charge in [0.25, 0.3) is 5.91 Å². The van der Waals surface area contributed by atoms with Crippen molar-refractivity contribution >= 4 is 22.6 Å². The molecule has 132 valence electrons. The molecule has 0 bridgehead atoms. The summed E-state index contributed by atoms with van der Waals surface area (Å²) in [6.45, 7) is 3.20. The molecule has 3 rings (SSSR count). The Hall–Kier alpha value is -2.56. The zero-order valence-electron chi connectivity index (χ0n) is 14.7. The maximum absolute atomic E-state index is 13.0. The summed E-state index contributed by atoms with van der Waals surface area (Å²) in [4.78, 5) is 26.8. The summed E-state index contributed by atoms with van der Waals surface area (Å²) in [7, 11) is 1.57. The maximum atomic E-state index is 13.0. The van der Waals surface area contributed by atoms with Crippen LogP contribution in [0.4, 0.5) is 0 Å². The summed E-state index contributed by atoms with van der Waals surface area (Å²) < 4.78 is 10.6. The SMILES string of the molecule is CCOC(=O)[C@@H]1CCCN(C(=O)c2cc3ccccc3cc2OC)C1. The highest BCUT2D eigenvalue weighted by Crippen LogP contribution is 2.28. The Kier molecular flexibility index (Phi) is 5.22. The second-order valence-electron chi connectivity index (χ2n) is 6.24. The third kappa shape index (κ3) is 3.60. The van der Waals surface area contributed by atoms with Crippen LogP contribution in [-0.2, 0) is 9.53 Å². The molecule has 0 radical (unpaired) electrons. The molecule has 0 N–H and O–H groups in total. The lowest BCUT2D eigenvalue weighted by Crippen LogP contribution is -2.42. The number of methoxy groups -OCH3 is 1. The van der Waals surface area contributed by atoms with Gasteiger partial charge < -0.3 is 14.4 Å². The molecule has 0 aromatic heterocycles. The average molecular weight is 341 g/mol. The largest absolute Gasteiger partial charge is 0.496 e. The summed E-state index contributed by atoms with van der Waals surface area (Å²) in [6, 6.07) is 11.6. The predicted molar refractivity (Wildman–Crippen MR) is 95.8 cm³/mol. The van der Waals surface area contributed by atoms with Crippen molar-refractivity contribution in [2.24, 2.45) is 5.92 Å². The van der Waals surface area contributed by atoms with Gasteiger partial charge in [0.05, 0.1) is 25.2 Å². The predicted octanol–water partition coefficient (Wildman–Crippen LogP) is 3.26. The van der Waals surface area contributed by atoms with E-state index in [0.29, 0.717) is 31.0 Å². The molecule has 0 unspecified atom stereocenters. The van der Waals surface area contributed by atoms with Gasteiger partial charge in [0.2, 0.25) is 0 Å². The van der Waals surface area contributed by atoms with Crippen molar-refractivity contribution in [3.05, 3.63) is 42.0 Å². The van der Waals surface area contributed by atoms with Crippen molar-refractivity contribution < 1.29 is 19.1 Å². The summed E-state index contributed by atoms with van der Waals surface area (Å²) in [6.07, 6.45) is 1.56. The molecule has 2 aromatic rings. The fourth-order valence-corrected chi connectivity index (χ4v) is 3.34. The van der Waals surface area contributed by atoms with E-state index in [2.05, 4.69) is 0 Å². The van der Waals surface area contributed by atoms with Crippen LogP contribution in [0.5, 0.6) is 5.75 Å². The number of nitrogens with zero attached hydrogens (tertiary/aromatic N) is 1. The Morgan fingerprint density at radius 3 is 2.60 bits per heavy atom. The first-order chi connectivity index (χ1) is 12.1. The Morgan fingerprint density at radius 2 is 1.92 bits per heavy atom. The van der Waals surface area contributed by atoms with Gasteiger partial charge in [-0.25, -0.2) is 0 Å². The first-order valence-corrected chi connectivity index (χ1v) is 8.66. The molecule has 5 heteroatoms. The molecule has 1 fully saturated rings. The van der Waals surface area contributed by atoms with Gasteiger partial charge in [0, 0.05) is 13.1 Å². The number of amides is 1. The number of benzene rings is 2. The van der Waals surface area contributed by atoms with Crippen LogP contribution in [0.15, 0.2) is 36.4 Å². The number of rotatable bonds is 4. The van der Waals surface area contributed by atoms with Crippen LogP contribution < -0.4 is 4.74 Å². The third-order valence-electron chi connectivity index (χ3n) is 4.63. The fourth-order valence-electron chi connectivity index (χ4n) is 3.34. The van der Waals surface area contributed by atoms with E-state index in [-0.39, 0.29) is 17.8 Å². The van der Waals surface area contributed by atoms with E-state index in [1.54, 1.807) is 18.9 Å². The van der Waals surface area contributed by atoms with E-state index >= 15 is 0 Å². The Labute approximate surface area is 147 Å². The highest BCUT2D eigenvalue weighted by Gasteiger charge is 2.30. The molecular formula is C20H23NO4. The van der Waals surface area contributed by atoms with Crippen LogP contribution in [0.25, 0.3) is 10.8 Å². The standard InChI is InChI=1S/C20H23NO4/c1-3-25-20(23)16-9-6-10-21(13-16)19(22)17-11-14-7-4-5-8-15(14)12-18(17)24-2/h4-5,7-8,11-12,16H,3,6,9-10,13H2,1-2H3/t16-/m1/s1. The Morgan fingerprint density at radius 1 is 1.20 bits per heavy atom. The van der Waals surface area contributed by atoms with Crippen molar-refractivity contribution in [2.75, 3.05) is 26.8 Å². The van der Waals surface area contributed by atoms with Crippen LogP contribution in [0.2, 0.25) is 0 Å². The third-order valence-corrected chi connectivity index (χ3v) is 4.63. The quantitative estimate of drug-likeness (QED) is 0.801. The zero-order chi connectivity index (χ0) is 17.8. The smallest absolute Gasteiger partial charge is 0.310 e. The number of piperidine rings is 1. The van der Waals surface area contributed by atoms with E-state index < -0.39 is 0 Å². The molecule has 1 atom stereocenters. The van der Waals surface area contributed by atoms with Crippen LogP contribution >= 0.6 is 0 Å². The van der Waals surface area contributed by atoms with Crippen LogP contribution in [0, 0.1) is 5.92 Å². The second kappa shape index (κ2) is 7.55. The number of esters is 1. The fraction of sp³-hybridized carbons (Fsp3) is 0.400. The first kappa shape index (κ1) is 17.3. The molecule has 0 saturated carbocycles. The van der Waals surface area contributed by atoms with Crippen LogP contribution in [-0.4, -0.2) is 43.6 Å². The lowest BCUT2D eigenvalue weighted by Gasteiger charge is -2.32. The van der Waals surface area contributed by atoms with Crippen molar-refractivity contribution in [1.29, 1.82) is 0 Å². The summed E-state index contributed by atoms with van der Waals surface area (Å²) in [5.74, 6) is -0.00635. The molecule has 1 amide bonds. The molecule has 5 nitrogen and oxygen atoms in total. The number of hydrogen-bond acceptors (Lipinski definition) is 4. The highest BCUT2D eigenvalue weighted by molar-refractivity contribution is 6.01.